The maximum Gasteiger partial charge on any atom is 0.135 e. The van der Waals surface area contributed by atoms with Crippen molar-refractivity contribution in [3.63, 3.8) is 0 Å². The van der Waals surface area contributed by atoms with Crippen molar-refractivity contribution in [1.29, 1.82) is 0 Å². The molecule has 2 aromatic heterocycles. The molecule has 0 amide bonds. The summed E-state index contributed by atoms with van der Waals surface area (Å²) >= 11 is 0. The lowest BCUT2D eigenvalue weighted by Gasteiger charge is -2.12. The molecule has 1 aliphatic rings. The highest BCUT2D eigenvalue weighted by Crippen LogP contribution is 2.51. The molecule has 0 radical (unpaired) electrons. The molecule has 8 aromatic carbocycles. The second kappa shape index (κ2) is 11.7. The SMILES string of the molecule is C=Cc1oc2ccc(-c3ccc4c(c3)c3c5cccc6c5c(cc3n4-c3cccc(-c4cccc(-c5ccccc5)c4)c3)-c3ccccc3-6)cc2c1C=C. The van der Waals surface area contributed by atoms with Crippen molar-refractivity contribution < 1.29 is 4.42 Å². The molecule has 11 rings (SSSR count). The maximum atomic E-state index is 6.09. The van der Waals surface area contributed by atoms with Gasteiger partial charge >= 0.3 is 0 Å². The lowest BCUT2D eigenvalue weighted by atomic mass is 9.96. The summed E-state index contributed by atoms with van der Waals surface area (Å²) in [6, 6.07) is 59.9. The van der Waals surface area contributed by atoms with Gasteiger partial charge in [0, 0.05) is 27.4 Å². The van der Waals surface area contributed by atoms with Crippen molar-refractivity contribution in [1.82, 2.24) is 4.57 Å². The third-order valence-electron chi connectivity index (χ3n) is 11.3. The number of hydrogen-bond donors (Lipinski definition) is 0. The smallest absolute Gasteiger partial charge is 0.135 e. The van der Waals surface area contributed by atoms with Crippen LogP contribution in [0.25, 0.3) is 117 Å². The molecule has 252 valence electrons. The van der Waals surface area contributed by atoms with Crippen LogP contribution in [0.4, 0.5) is 0 Å². The van der Waals surface area contributed by atoms with Crippen molar-refractivity contribution in [2.24, 2.45) is 0 Å². The number of benzene rings is 8. The number of hydrogen-bond acceptors (Lipinski definition) is 1. The number of rotatable bonds is 6. The van der Waals surface area contributed by atoms with Crippen molar-refractivity contribution in [3.05, 3.63) is 188 Å². The summed E-state index contributed by atoms with van der Waals surface area (Å²) in [6.07, 6.45) is 3.61. The van der Waals surface area contributed by atoms with Crippen LogP contribution < -0.4 is 0 Å². The fraction of sp³-hybridized carbons (Fsp3) is 0. The van der Waals surface area contributed by atoms with E-state index in [0.29, 0.717) is 0 Å². The van der Waals surface area contributed by atoms with E-state index >= 15 is 0 Å². The van der Waals surface area contributed by atoms with Gasteiger partial charge in [-0.15, -0.1) is 0 Å². The fourth-order valence-corrected chi connectivity index (χ4v) is 8.85. The van der Waals surface area contributed by atoms with Crippen molar-refractivity contribution >= 4 is 55.7 Å². The zero-order valence-corrected chi connectivity index (χ0v) is 29.5. The van der Waals surface area contributed by atoms with Crippen molar-refractivity contribution in [2.45, 2.75) is 0 Å². The van der Waals surface area contributed by atoms with Crippen LogP contribution in [0.15, 0.2) is 181 Å². The largest absolute Gasteiger partial charge is 0.456 e. The predicted octanol–water partition coefficient (Wildman–Crippen LogP) is 14.6. The number of furan rings is 1. The van der Waals surface area contributed by atoms with Gasteiger partial charge in [-0.05, 0) is 121 Å². The molecule has 0 atom stereocenters. The predicted molar refractivity (Wildman–Crippen MR) is 229 cm³/mol. The van der Waals surface area contributed by atoms with Gasteiger partial charge in [0.25, 0.3) is 0 Å². The number of nitrogens with zero attached hydrogens (tertiary/aromatic N) is 1. The van der Waals surface area contributed by atoms with Crippen molar-refractivity contribution in [3.8, 4) is 61.3 Å². The fourth-order valence-electron chi connectivity index (χ4n) is 8.85. The first-order valence-corrected chi connectivity index (χ1v) is 18.4. The first-order chi connectivity index (χ1) is 26.7. The Kier molecular flexibility index (Phi) is 6.59. The van der Waals surface area contributed by atoms with Gasteiger partial charge in [-0.2, -0.15) is 0 Å². The molecule has 0 spiro atoms. The molecule has 0 fully saturated rings. The van der Waals surface area contributed by atoms with Gasteiger partial charge in [0.15, 0.2) is 0 Å². The zero-order chi connectivity index (χ0) is 35.9. The average molecular weight is 688 g/mol. The minimum atomic E-state index is 0.745. The monoisotopic (exact) mass is 687 g/mol. The third kappa shape index (κ3) is 4.41. The zero-order valence-electron chi connectivity index (χ0n) is 29.5. The van der Waals surface area contributed by atoms with Crippen molar-refractivity contribution in [2.75, 3.05) is 0 Å². The minimum absolute atomic E-state index is 0.745. The van der Waals surface area contributed by atoms with Crippen LogP contribution in [-0.2, 0) is 0 Å². The van der Waals surface area contributed by atoms with Crippen LogP contribution in [0.5, 0.6) is 0 Å². The Balaban J connectivity index is 1.17. The third-order valence-corrected chi connectivity index (χ3v) is 11.3. The van der Waals surface area contributed by atoms with E-state index in [-0.39, 0.29) is 0 Å². The molecule has 2 heteroatoms. The number of aromatic nitrogens is 1. The molecule has 0 N–H and O–H groups in total. The summed E-state index contributed by atoms with van der Waals surface area (Å²) in [5.41, 5.74) is 17.6. The van der Waals surface area contributed by atoms with Gasteiger partial charge in [-0.25, -0.2) is 0 Å². The van der Waals surface area contributed by atoms with Gasteiger partial charge < -0.3 is 8.98 Å². The van der Waals surface area contributed by atoms with E-state index in [1.165, 1.54) is 77.1 Å². The van der Waals surface area contributed by atoms with Crippen LogP contribution in [0, 0.1) is 0 Å². The Morgan fingerprint density at radius 3 is 1.83 bits per heavy atom. The van der Waals surface area contributed by atoms with E-state index in [4.69, 9.17) is 4.42 Å². The highest BCUT2D eigenvalue weighted by atomic mass is 16.3. The van der Waals surface area contributed by atoms with Crippen LogP contribution in [0.2, 0.25) is 0 Å². The maximum absolute atomic E-state index is 6.09. The first-order valence-electron chi connectivity index (χ1n) is 18.4. The Morgan fingerprint density at radius 1 is 0.407 bits per heavy atom. The second-order valence-electron chi connectivity index (χ2n) is 14.2. The lowest BCUT2D eigenvalue weighted by Crippen LogP contribution is -1.95. The summed E-state index contributed by atoms with van der Waals surface area (Å²) in [5, 5.41) is 6.13. The lowest BCUT2D eigenvalue weighted by molar-refractivity contribution is 0.603. The van der Waals surface area contributed by atoms with E-state index in [0.717, 1.165) is 39.1 Å². The second-order valence-corrected chi connectivity index (χ2v) is 14.2. The average Bonchev–Trinajstić information content (AvgIpc) is 3.89. The Morgan fingerprint density at radius 2 is 1.04 bits per heavy atom. The Hall–Kier alpha value is -7.16. The van der Waals surface area contributed by atoms with E-state index < -0.39 is 0 Å². The van der Waals surface area contributed by atoms with Crippen LogP contribution >= 0.6 is 0 Å². The van der Waals surface area contributed by atoms with Crippen LogP contribution in [0.3, 0.4) is 0 Å². The highest BCUT2D eigenvalue weighted by molar-refractivity contribution is 6.29. The molecule has 0 saturated carbocycles. The molecule has 2 nitrogen and oxygen atoms in total. The van der Waals surface area contributed by atoms with E-state index in [9.17, 15) is 0 Å². The molecule has 2 heterocycles. The molecule has 0 unspecified atom stereocenters. The topological polar surface area (TPSA) is 18.1 Å². The minimum Gasteiger partial charge on any atom is -0.456 e. The molecule has 0 saturated heterocycles. The molecule has 54 heavy (non-hydrogen) atoms. The van der Waals surface area contributed by atoms with Gasteiger partial charge in [0.1, 0.15) is 11.3 Å². The molecule has 1 aliphatic carbocycles. The Bertz CT molecular complexity index is 3190. The Labute approximate surface area is 313 Å². The molecule has 0 aliphatic heterocycles. The standard InChI is InChI=1S/C52H33NO/c1-3-39-44-29-37(24-26-50(44)54-49(39)4-2)36-23-25-47-46(30-36)52-43-22-12-21-42-40-19-8-9-20-41(40)45(51(42)43)31-48(52)53(47)38-18-11-17-35(28-38)34-16-10-15-33(27-34)32-13-6-5-7-14-32/h3-31H,1-2H2. The molecular weight excluding hydrogens is 655 g/mol. The number of fused-ring (bicyclic) bond motifs is 8. The van der Waals surface area contributed by atoms with Gasteiger partial charge in [-0.3, -0.25) is 0 Å². The summed E-state index contributed by atoms with van der Waals surface area (Å²) in [5.74, 6) is 0.745. The van der Waals surface area contributed by atoms with E-state index in [1.54, 1.807) is 6.08 Å². The molecule has 0 bridgehead atoms. The summed E-state index contributed by atoms with van der Waals surface area (Å²) in [7, 11) is 0. The van der Waals surface area contributed by atoms with Gasteiger partial charge in [-0.1, -0.05) is 134 Å². The summed E-state index contributed by atoms with van der Waals surface area (Å²) < 4.78 is 8.56. The molecular formula is C52H33NO. The summed E-state index contributed by atoms with van der Waals surface area (Å²) in [4.78, 5) is 0. The summed E-state index contributed by atoms with van der Waals surface area (Å²) in [6.45, 7) is 8.02. The normalized spacial score (nSPS) is 11.9. The van der Waals surface area contributed by atoms with E-state index in [2.05, 4.69) is 182 Å². The molecule has 10 aromatic rings. The van der Waals surface area contributed by atoms with Gasteiger partial charge in [0.05, 0.1) is 11.0 Å². The van der Waals surface area contributed by atoms with Crippen LogP contribution in [0.1, 0.15) is 11.3 Å². The highest BCUT2D eigenvalue weighted by Gasteiger charge is 2.26. The first kappa shape index (κ1) is 30.5. The quantitative estimate of drug-likeness (QED) is 0.170. The van der Waals surface area contributed by atoms with Crippen LogP contribution in [-0.4, -0.2) is 4.57 Å². The van der Waals surface area contributed by atoms with E-state index in [1.807, 2.05) is 6.08 Å². The van der Waals surface area contributed by atoms with Gasteiger partial charge in [0.2, 0.25) is 0 Å².